The van der Waals surface area contributed by atoms with E-state index in [1.807, 2.05) is 13.0 Å². The Bertz CT molecular complexity index is 535. The molecule has 132 valence electrons. The highest BCUT2D eigenvalue weighted by atomic mass is 16.3. The van der Waals surface area contributed by atoms with Gasteiger partial charge >= 0.3 is 0 Å². The molecule has 0 bridgehead atoms. The van der Waals surface area contributed by atoms with Crippen LogP contribution in [0.3, 0.4) is 0 Å². The molecular weight excluding hydrogens is 302 g/mol. The van der Waals surface area contributed by atoms with Gasteiger partial charge in [0.2, 0.25) is 0 Å². The van der Waals surface area contributed by atoms with Gasteiger partial charge in [0.1, 0.15) is 5.60 Å². The number of hydrogen-bond donors (Lipinski definition) is 2. The Hall–Kier alpha value is -1.59. The van der Waals surface area contributed by atoms with Gasteiger partial charge < -0.3 is 15.3 Å². The highest BCUT2D eigenvalue weighted by Gasteiger charge is 2.39. The Morgan fingerprint density at radius 3 is 2.42 bits per heavy atom. The number of aliphatic hydroxyl groups is 1. The van der Waals surface area contributed by atoms with E-state index in [0.717, 1.165) is 45.6 Å². The minimum absolute atomic E-state index is 0.0606. The fourth-order valence-corrected chi connectivity index (χ4v) is 3.81. The van der Waals surface area contributed by atoms with Crippen LogP contribution in [0.5, 0.6) is 0 Å². The fraction of sp³-hybridized carbons (Fsp3) is 0.632. The number of hydrogen-bond acceptors (Lipinski definition) is 4. The molecule has 1 saturated carbocycles. The molecule has 5 heteroatoms. The minimum Gasteiger partial charge on any atom is -0.380 e. The number of rotatable bonds is 5. The molecule has 2 aliphatic rings. The van der Waals surface area contributed by atoms with Crippen LogP contribution in [0.2, 0.25) is 0 Å². The van der Waals surface area contributed by atoms with E-state index in [4.69, 9.17) is 0 Å². The number of carbonyl (C=O) groups excluding carboxylic acids is 1. The summed E-state index contributed by atoms with van der Waals surface area (Å²) in [6.07, 6.45) is 3.09. The lowest BCUT2D eigenvalue weighted by Crippen LogP contribution is -2.54. The van der Waals surface area contributed by atoms with E-state index in [0.29, 0.717) is 12.8 Å². The minimum atomic E-state index is -1.12. The molecule has 24 heavy (non-hydrogen) atoms. The highest BCUT2D eigenvalue weighted by Crippen LogP contribution is 2.29. The summed E-state index contributed by atoms with van der Waals surface area (Å²) in [4.78, 5) is 17.1. The summed E-state index contributed by atoms with van der Waals surface area (Å²) in [7, 11) is 0. The summed E-state index contributed by atoms with van der Waals surface area (Å²) in [6.45, 7) is 6.88. The Kier molecular flexibility index (Phi) is 5.41. The lowest BCUT2D eigenvalue weighted by atomic mass is 10.0. The first-order valence-corrected chi connectivity index (χ1v) is 9.12. The molecule has 1 atom stereocenters. The third-order valence-corrected chi connectivity index (χ3v) is 5.26. The van der Waals surface area contributed by atoms with Gasteiger partial charge in [-0.25, -0.2) is 0 Å². The second-order valence-electron chi connectivity index (χ2n) is 7.24. The zero-order valence-electron chi connectivity index (χ0n) is 14.6. The standard InChI is InChI=1S/C19H29N3O2/c1-16(20-18(23)19(24)9-5-6-10-19)15-21-11-13-22(14-12-21)17-7-3-2-4-8-17/h2-4,7-8,16,24H,5-6,9-15H2,1H3,(H,20,23). The molecule has 1 unspecified atom stereocenters. The first-order valence-electron chi connectivity index (χ1n) is 9.12. The van der Waals surface area contributed by atoms with Crippen molar-refractivity contribution in [3.8, 4) is 0 Å². The summed E-state index contributed by atoms with van der Waals surface area (Å²) >= 11 is 0. The summed E-state index contributed by atoms with van der Waals surface area (Å²) in [5.41, 5.74) is 0.155. The number of benzene rings is 1. The Balaban J connectivity index is 1.43. The van der Waals surface area contributed by atoms with E-state index in [9.17, 15) is 9.90 Å². The van der Waals surface area contributed by atoms with Crippen molar-refractivity contribution in [2.45, 2.75) is 44.2 Å². The normalized spacial score (nSPS) is 22.3. The third-order valence-electron chi connectivity index (χ3n) is 5.26. The zero-order valence-corrected chi connectivity index (χ0v) is 14.6. The Morgan fingerprint density at radius 2 is 1.79 bits per heavy atom. The second-order valence-corrected chi connectivity index (χ2v) is 7.24. The number of piperazine rings is 1. The lowest BCUT2D eigenvalue weighted by molar-refractivity contribution is -0.139. The van der Waals surface area contributed by atoms with Crippen molar-refractivity contribution in [3.05, 3.63) is 30.3 Å². The maximum Gasteiger partial charge on any atom is 0.252 e. The van der Waals surface area contributed by atoms with E-state index < -0.39 is 5.60 Å². The van der Waals surface area contributed by atoms with Gasteiger partial charge in [-0.1, -0.05) is 18.2 Å². The number of carbonyl (C=O) groups is 1. The Labute approximate surface area is 144 Å². The van der Waals surface area contributed by atoms with E-state index in [2.05, 4.69) is 39.4 Å². The third kappa shape index (κ3) is 4.08. The van der Waals surface area contributed by atoms with Crippen molar-refractivity contribution in [2.24, 2.45) is 0 Å². The number of nitrogens with zero attached hydrogens (tertiary/aromatic N) is 2. The van der Waals surface area contributed by atoms with Crippen LogP contribution in [0.4, 0.5) is 5.69 Å². The number of para-hydroxylation sites is 1. The van der Waals surface area contributed by atoms with Gasteiger partial charge in [0.05, 0.1) is 0 Å². The van der Waals surface area contributed by atoms with Crippen LogP contribution >= 0.6 is 0 Å². The van der Waals surface area contributed by atoms with Gasteiger partial charge in [-0.2, -0.15) is 0 Å². The monoisotopic (exact) mass is 331 g/mol. The fourth-order valence-electron chi connectivity index (χ4n) is 3.81. The summed E-state index contributed by atoms with van der Waals surface area (Å²) < 4.78 is 0. The van der Waals surface area contributed by atoms with E-state index >= 15 is 0 Å². The average Bonchev–Trinajstić information content (AvgIpc) is 3.04. The summed E-state index contributed by atoms with van der Waals surface area (Å²) in [5, 5.41) is 13.4. The number of anilines is 1. The van der Waals surface area contributed by atoms with Gasteiger partial charge in [0.15, 0.2) is 0 Å². The van der Waals surface area contributed by atoms with Crippen LogP contribution in [-0.4, -0.2) is 60.3 Å². The quantitative estimate of drug-likeness (QED) is 0.861. The number of nitrogens with one attached hydrogen (secondary N) is 1. The van der Waals surface area contributed by atoms with Gasteiger partial charge in [0, 0.05) is 44.5 Å². The Morgan fingerprint density at radius 1 is 1.17 bits per heavy atom. The van der Waals surface area contributed by atoms with Gasteiger partial charge in [0.25, 0.3) is 5.91 Å². The molecule has 0 spiro atoms. The zero-order chi connectivity index (χ0) is 17.0. The topological polar surface area (TPSA) is 55.8 Å². The molecule has 1 aliphatic heterocycles. The number of amides is 1. The molecule has 2 fully saturated rings. The van der Waals surface area contributed by atoms with E-state index in [1.54, 1.807) is 0 Å². The van der Waals surface area contributed by atoms with Crippen molar-refractivity contribution in [1.29, 1.82) is 0 Å². The van der Waals surface area contributed by atoms with Gasteiger partial charge in [-0.3, -0.25) is 9.69 Å². The van der Waals surface area contributed by atoms with Crippen molar-refractivity contribution in [3.63, 3.8) is 0 Å². The molecule has 0 radical (unpaired) electrons. The summed E-state index contributed by atoms with van der Waals surface area (Å²) in [5.74, 6) is -0.185. The van der Waals surface area contributed by atoms with Crippen molar-refractivity contribution < 1.29 is 9.90 Å². The predicted octanol–water partition coefficient (Wildman–Crippen LogP) is 1.62. The first kappa shape index (κ1) is 17.2. The van der Waals surface area contributed by atoms with Crippen LogP contribution in [-0.2, 0) is 4.79 Å². The molecule has 1 saturated heterocycles. The maximum absolute atomic E-state index is 12.3. The lowest BCUT2D eigenvalue weighted by Gasteiger charge is -2.37. The van der Waals surface area contributed by atoms with Crippen molar-refractivity contribution >= 4 is 11.6 Å². The molecule has 1 aromatic rings. The molecule has 2 N–H and O–H groups in total. The average molecular weight is 331 g/mol. The van der Waals surface area contributed by atoms with Crippen molar-refractivity contribution in [1.82, 2.24) is 10.2 Å². The van der Waals surface area contributed by atoms with E-state index in [1.165, 1.54) is 5.69 Å². The molecular formula is C19H29N3O2. The van der Waals surface area contributed by atoms with E-state index in [-0.39, 0.29) is 11.9 Å². The largest absolute Gasteiger partial charge is 0.380 e. The van der Waals surface area contributed by atoms with Gasteiger partial charge in [-0.15, -0.1) is 0 Å². The summed E-state index contributed by atoms with van der Waals surface area (Å²) in [6, 6.07) is 10.6. The smallest absolute Gasteiger partial charge is 0.252 e. The van der Waals surface area contributed by atoms with Crippen LogP contribution in [0.15, 0.2) is 30.3 Å². The van der Waals surface area contributed by atoms with Crippen LogP contribution in [0, 0.1) is 0 Å². The molecule has 5 nitrogen and oxygen atoms in total. The molecule has 3 rings (SSSR count). The van der Waals surface area contributed by atoms with Crippen molar-refractivity contribution in [2.75, 3.05) is 37.6 Å². The highest BCUT2D eigenvalue weighted by molar-refractivity contribution is 5.85. The SMILES string of the molecule is CC(CN1CCN(c2ccccc2)CC1)NC(=O)C1(O)CCCC1. The molecule has 1 amide bonds. The second kappa shape index (κ2) is 7.53. The molecule has 1 aromatic carbocycles. The molecule has 1 heterocycles. The maximum atomic E-state index is 12.3. The van der Waals surface area contributed by atoms with Crippen LogP contribution in [0.1, 0.15) is 32.6 Å². The van der Waals surface area contributed by atoms with Crippen LogP contribution < -0.4 is 10.2 Å². The van der Waals surface area contributed by atoms with Gasteiger partial charge in [-0.05, 0) is 44.7 Å². The van der Waals surface area contributed by atoms with Crippen LogP contribution in [0.25, 0.3) is 0 Å². The first-order chi connectivity index (χ1) is 11.6. The predicted molar refractivity (Wildman–Crippen MR) is 96.1 cm³/mol. The molecule has 1 aliphatic carbocycles. The molecule has 0 aromatic heterocycles.